The van der Waals surface area contributed by atoms with Gasteiger partial charge in [0.1, 0.15) is 0 Å². The van der Waals surface area contributed by atoms with Crippen LogP contribution >= 0.6 is 24.8 Å². The highest BCUT2D eigenvalue weighted by Crippen LogP contribution is 2.09. The summed E-state index contributed by atoms with van der Waals surface area (Å²) in [5.41, 5.74) is 9.44. The van der Waals surface area contributed by atoms with E-state index in [0.717, 1.165) is 17.7 Å². The van der Waals surface area contributed by atoms with Crippen LogP contribution in [0.5, 0.6) is 0 Å². The zero-order valence-electron chi connectivity index (χ0n) is 16.2. The Kier molecular flexibility index (Phi) is 12.0. The van der Waals surface area contributed by atoms with E-state index < -0.39 is 6.04 Å². The van der Waals surface area contributed by atoms with Crippen molar-refractivity contribution in [1.29, 1.82) is 0 Å². The molecule has 0 aromatic heterocycles. The van der Waals surface area contributed by atoms with E-state index in [1.54, 1.807) is 0 Å². The predicted octanol–water partition coefficient (Wildman–Crippen LogP) is 3.56. The summed E-state index contributed by atoms with van der Waals surface area (Å²) in [6.07, 6.45) is 0.548. The first-order chi connectivity index (χ1) is 12.0. The normalized spacial score (nSPS) is 11.5. The van der Waals surface area contributed by atoms with Crippen LogP contribution in [0, 0.1) is 0 Å². The minimum Gasteiger partial charge on any atom is -0.351 e. The molecule has 0 bridgehead atoms. The van der Waals surface area contributed by atoms with Gasteiger partial charge in [0.25, 0.3) is 0 Å². The summed E-state index contributed by atoms with van der Waals surface area (Å²) in [5, 5.41) is 2.94. The van der Waals surface area contributed by atoms with Gasteiger partial charge in [-0.05, 0) is 44.0 Å². The highest BCUT2D eigenvalue weighted by molar-refractivity contribution is 5.85. The Morgan fingerprint density at radius 1 is 1.00 bits per heavy atom. The molecule has 0 aliphatic carbocycles. The molecule has 0 heterocycles. The van der Waals surface area contributed by atoms with Gasteiger partial charge in [0, 0.05) is 19.1 Å². The van der Waals surface area contributed by atoms with Crippen molar-refractivity contribution in [3.63, 3.8) is 0 Å². The second kappa shape index (κ2) is 12.7. The molecule has 150 valence electrons. The van der Waals surface area contributed by atoms with Crippen molar-refractivity contribution in [2.45, 2.75) is 45.4 Å². The second-order valence-electron chi connectivity index (χ2n) is 6.84. The van der Waals surface area contributed by atoms with Crippen molar-refractivity contribution < 1.29 is 4.79 Å². The molecule has 0 radical (unpaired) electrons. The van der Waals surface area contributed by atoms with Crippen LogP contribution in [0.2, 0.25) is 0 Å². The minimum absolute atomic E-state index is 0. The van der Waals surface area contributed by atoms with E-state index in [4.69, 9.17) is 5.73 Å². The molecule has 4 nitrogen and oxygen atoms in total. The standard InChI is InChI=1S/C21H29N3O.2ClH/c1-16(2)24(3)15-19-11-7-10-18(12-19)14-23-21(25)20(22)13-17-8-5-4-6-9-17;;/h4-12,16,20H,13-15,22H2,1-3H3,(H,23,25);2*1H. The molecule has 2 aromatic rings. The van der Waals surface area contributed by atoms with Gasteiger partial charge in [-0.3, -0.25) is 9.69 Å². The van der Waals surface area contributed by atoms with Crippen LogP contribution in [0.3, 0.4) is 0 Å². The monoisotopic (exact) mass is 411 g/mol. The van der Waals surface area contributed by atoms with Gasteiger partial charge in [0.15, 0.2) is 0 Å². The zero-order chi connectivity index (χ0) is 18.2. The number of rotatable bonds is 8. The first-order valence-corrected chi connectivity index (χ1v) is 8.81. The predicted molar refractivity (Wildman–Crippen MR) is 118 cm³/mol. The van der Waals surface area contributed by atoms with Crippen LogP contribution < -0.4 is 11.1 Å². The maximum atomic E-state index is 12.2. The van der Waals surface area contributed by atoms with E-state index in [1.165, 1.54) is 5.56 Å². The summed E-state index contributed by atoms with van der Waals surface area (Å²) in [4.78, 5) is 14.5. The Morgan fingerprint density at radius 2 is 1.59 bits per heavy atom. The largest absolute Gasteiger partial charge is 0.351 e. The molecule has 0 saturated carbocycles. The van der Waals surface area contributed by atoms with Gasteiger partial charge in [-0.25, -0.2) is 0 Å². The van der Waals surface area contributed by atoms with Gasteiger partial charge in [-0.2, -0.15) is 0 Å². The molecule has 27 heavy (non-hydrogen) atoms. The van der Waals surface area contributed by atoms with Gasteiger partial charge in [-0.15, -0.1) is 24.8 Å². The molecular weight excluding hydrogens is 381 g/mol. The van der Waals surface area contributed by atoms with Crippen LogP contribution in [0.4, 0.5) is 0 Å². The van der Waals surface area contributed by atoms with Crippen LogP contribution in [0.15, 0.2) is 54.6 Å². The van der Waals surface area contributed by atoms with Gasteiger partial charge < -0.3 is 11.1 Å². The van der Waals surface area contributed by atoms with E-state index in [1.807, 2.05) is 42.5 Å². The third-order valence-electron chi connectivity index (χ3n) is 4.41. The smallest absolute Gasteiger partial charge is 0.237 e. The molecule has 0 saturated heterocycles. The molecule has 0 fully saturated rings. The second-order valence-corrected chi connectivity index (χ2v) is 6.84. The fourth-order valence-electron chi connectivity index (χ4n) is 2.59. The van der Waals surface area contributed by atoms with Crippen molar-refractivity contribution in [2.75, 3.05) is 7.05 Å². The maximum Gasteiger partial charge on any atom is 0.237 e. The Bertz CT molecular complexity index is 680. The van der Waals surface area contributed by atoms with E-state index >= 15 is 0 Å². The summed E-state index contributed by atoms with van der Waals surface area (Å²) in [6.45, 7) is 5.75. The summed E-state index contributed by atoms with van der Waals surface area (Å²) in [5.74, 6) is -0.117. The van der Waals surface area contributed by atoms with Crippen molar-refractivity contribution >= 4 is 30.7 Å². The minimum atomic E-state index is -0.530. The summed E-state index contributed by atoms with van der Waals surface area (Å²) in [6, 6.07) is 18.1. The van der Waals surface area contributed by atoms with Crippen molar-refractivity contribution in [2.24, 2.45) is 5.73 Å². The molecular formula is C21H31Cl2N3O. The fraction of sp³-hybridized carbons (Fsp3) is 0.381. The van der Waals surface area contributed by atoms with Gasteiger partial charge in [0.2, 0.25) is 5.91 Å². The first kappa shape index (κ1) is 25.4. The van der Waals surface area contributed by atoms with Crippen molar-refractivity contribution in [3.05, 3.63) is 71.3 Å². The van der Waals surface area contributed by atoms with E-state index in [-0.39, 0.29) is 30.7 Å². The number of amides is 1. The SMILES string of the molecule is CC(C)N(C)Cc1cccc(CNC(=O)C(N)Cc2ccccc2)c1.Cl.Cl. The third-order valence-corrected chi connectivity index (χ3v) is 4.41. The number of nitrogens with zero attached hydrogens (tertiary/aromatic N) is 1. The molecule has 3 N–H and O–H groups in total. The lowest BCUT2D eigenvalue weighted by Gasteiger charge is -2.21. The fourth-order valence-corrected chi connectivity index (χ4v) is 2.59. The topological polar surface area (TPSA) is 58.4 Å². The molecule has 2 aromatic carbocycles. The molecule has 1 unspecified atom stereocenters. The quantitative estimate of drug-likeness (QED) is 0.697. The number of carbonyl (C=O) groups excluding carboxylic acids is 1. The summed E-state index contributed by atoms with van der Waals surface area (Å²) in [7, 11) is 2.11. The Morgan fingerprint density at radius 3 is 2.22 bits per heavy atom. The molecule has 6 heteroatoms. The van der Waals surface area contributed by atoms with Crippen molar-refractivity contribution in [3.8, 4) is 0 Å². The number of hydrogen-bond acceptors (Lipinski definition) is 3. The third kappa shape index (κ3) is 8.76. The summed E-state index contributed by atoms with van der Waals surface area (Å²) >= 11 is 0. The van der Waals surface area contributed by atoms with E-state index in [9.17, 15) is 4.79 Å². The highest BCUT2D eigenvalue weighted by Gasteiger charge is 2.13. The number of nitrogens with two attached hydrogens (primary N) is 1. The molecule has 0 aliphatic heterocycles. The van der Waals surface area contributed by atoms with Crippen molar-refractivity contribution in [1.82, 2.24) is 10.2 Å². The highest BCUT2D eigenvalue weighted by atomic mass is 35.5. The lowest BCUT2D eigenvalue weighted by molar-refractivity contribution is -0.122. The lowest BCUT2D eigenvalue weighted by atomic mass is 10.1. The molecule has 2 rings (SSSR count). The number of halogens is 2. The summed E-state index contributed by atoms with van der Waals surface area (Å²) < 4.78 is 0. The van der Waals surface area contributed by atoms with E-state index in [0.29, 0.717) is 19.0 Å². The lowest BCUT2D eigenvalue weighted by Crippen LogP contribution is -2.41. The van der Waals surface area contributed by atoms with Crippen LogP contribution in [0.25, 0.3) is 0 Å². The van der Waals surface area contributed by atoms with Crippen LogP contribution in [-0.4, -0.2) is 29.9 Å². The number of nitrogens with one attached hydrogen (secondary N) is 1. The molecule has 1 amide bonds. The van der Waals surface area contributed by atoms with Gasteiger partial charge in [-0.1, -0.05) is 54.6 Å². The molecule has 0 aliphatic rings. The number of hydrogen-bond donors (Lipinski definition) is 2. The first-order valence-electron chi connectivity index (χ1n) is 8.81. The molecule has 0 spiro atoms. The Labute approximate surface area is 175 Å². The van der Waals surface area contributed by atoms with Crippen LogP contribution in [0.1, 0.15) is 30.5 Å². The number of carbonyl (C=O) groups is 1. The maximum absolute atomic E-state index is 12.2. The Balaban J connectivity index is 0.00000338. The van der Waals surface area contributed by atoms with Gasteiger partial charge >= 0.3 is 0 Å². The van der Waals surface area contributed by atoms with Crippen LogP contribution in [-0.2, 0) is 24.3 Å². The van der Waals surface area contributed by atoms with Gasteiger partial charge in [0.05, 0.1) is 6.04 Å². The average molecular weight is 412 g/mol. The average Bonchev–Trinajstić information content (AvgIpc) is 2.60. The molecule has 1 atom stereocenters. The zero-order valence-corrected chi connectivity index (χ0v) is 17.9. The number of benzene rings is 2. The van der Waals surface area contributed by atoms with E-state index in [2.05, 4.69) is 43.2 Å². The Hall–Kier alpha value is -1.59.